The van der Waals surface area contributed by atoms with Crippen LogP contribution in [-0.4, -0.2) is 49.4 Å². The molecule has 36 heavy (non-hydrogen) atoms. The van der Waals surface area contributed by atoms with Gasteiger partial charge in [-0.05, 0) is 54.8 Å². The van der Waals surface area contributed by atoms with E-state index in [1.807, 2.05) is 24.3 Å². The highest BCUT2D eigenvalue weighted by atomic mass is 32.2. The zero-order valence-corrected chi connectivity index (χ0v) is 21.8. The summed E-state index contributed by atoms with van der Waals surface area (Å²) >= 11 is 1.32. The average Bonchev–Trinajstić information content (AvgIpc) is 3.17. The quantitative estimate of drug-likeness (QED) is 0.245. The van der Waals surface area contributed by atoms with Crippen molar-refractivity contribution in [2.24, 2.45) is 5.73 Å². The van der Waals surface area contributed by atoms with E-state index < -0.39 is 9.84 Å². The van der Waals surface area contributed by atoms with Crippen LogP contribution in [0.15, 0.2) is 53.4 Å². The number of hydrogen-bond acceptors (Lipinski definition) is 7. The number of thiazole rings is 1. The minimum Gasteiger partial charge on any atom is -0.370 e. The molecule has 0 saturated carbocycles. The molecule has 3 aromatic rings. The van der Waals surface area contributed by atoms with E-state index in [2.05, 4.69) is 15.6 Å². The number of carbonyl (C=O) groups excluding carboxylic acids is 2. The van der Waals surface area contributed by atoms with Crippen molar-refractivity contribution in [1.82, 2.24) is 9.88 Å². The zero-order chi connectivity index (χ0) is 26.5. The van der Waals surface area contributed by atoms with Crippen LogP contribution in [-0.2, 0) is 34.0 Å². The third kappa shape index (κ3) is 7.36. The lowest BCUT2D eigenvalue weighted by Gasteiger charge is -2.17. The summed E-state index contributed by atoms with van der Waals surface area (Å²) in [5.74, 6) is -0.625. The Kier molecular flexibility index (Phi) is 8.43. The van der Waals surface area contributed by atoms with Crippen LogP contribution in [0.5, 0.6) is 0 Å². The van der Waals surface area contributed by atoms with Crippen LogP contribution in [0.3, 0.4) is 0 Å². The molecule has 0 atom stereocenters. The van der Waals surface area contributed by atoms with Gasteiger partial charge in [0.2, 0.25) is 5.91 Å². The van der Waals surface area contributed by atoms with Gasteiger partial charge in [0.1, 0.15) is 0 Å². The number of nitrogens with two attached hydrogens (primary N) is 1. The number of aryl methyl sites for hydroxylation is 2. The molecular weight excluding hydrogens is 500 g/mol. The third-order valence-electron chi connectivity index (χ3n) is 5.20. The molecule has 2 aromatic carbocycles. The van der Waals surface area contributed by atoms with Gasteiger partial charge < -0.3 is 21.3 Å². The Balaban J connectivity index is 1.74. The Bertz CT molecular complexity index is 1370. The Labute approximate surface area is 214 Å². The monoisotopic (exact) mass is 528 g/mol. The Morgan fingerprint density at radius 2 is 1.69 bits per heavy atom. The van der Waals surface area contributed by atoms with Crippen LogP contribution in [0, 0.1) is 5.41 Å². The topological polar surface area (TPSA) is 158 Å². The highest BCUT2D eigenvalue weighted by Gasteiger charge is 2.19. The first-order valence-electron chi connectivity index (χ1n) is 10.9. The predicted molar refractivity (Wildman–Crippen MR) is 141 cm³/mol. The minimum atomic E-state index is -3.35. The van der Waals surface area contributed by atoms with E-state index in [9.17, 15) is 18.0 Å². The SMILES string of the molecule is CC(=O)Nc1nc(CCc2ccc(NC(=N)N)cc2)c(CN(C)C(=O)c2ccc(S(C)(=O)=O)cc2)s1. The van der Waals surface area contributed by atoms with E-state index in [0.717, 1.165) is 28.1 Å². The third-order valence-corrected chi connectivity index (χ3v) is 7.33. The maximum atomic E-state index is 13.0. The van der Waals surface area contributed by atoms with Crippen LogP contribution in [0.2, 0.25) is 0 Å². The van der Waals surface area contributed by atoms with E-state index in [1.54, 1.807) is 7.05 Å². The van der Waals surface area contributed by atoms with Gasteiger partial charge in [0.15, 0.2) is 20.9 Å². The summed E-state index contributed by atoms with van der Waals surface area (Å²) in [6, 6.07) is 13.4. The highest BCUT2D eigenvalue weighted by Crippen LogP contribution is 2.26. The molecule has 10 nitrogen and oxygen atoms in total. The molecule has 0 unspecified atom stereocenters. The van der Waals surface area contributed by atoms with E-state index in [0.29, 0.717) is 23.5 Å². The van der Waals surface area contributed by atoms with Gasteiger partial charge in [-0.2, -0.15) is 0 Å². The van der Waals surface area contributed by atoms with Crippen molar-refractivity contribution in [2.45, 2.75) is 31.2 Å². The standard InChI is InChI=1S/C24H28N6O4S2/c1-15(31)27-24-29-20(13-6-16-4-9-18(10-5-16)28-23(25)26)21(35-24)14-30(2)22(32)17-7-11-19(12-8-17)36(3,33)34/h4-5,7-12H,6,13-14H2,1-3H3,(H4,25,26,28)(H,27,29,31). The molecule has 3 rings (SSSR count). The molecule has 0 aliphatic heterocycles. The van der Waals surface area contributed by atoms with Gasteiger partial charge in [-0.25, -0.2) is 13.4 Å². The smallest absolute Gasteiger partial charge is 0.253 e. The van der Waals surface area contributed by atoms with Gasteiger partial charge in [-0.3, -0.25) is 15.0 Å². The fraction of sp³-hybridized carbons (Fsp3) is 0.250. The number of amides is 2. The van der Waals surface area contributed by atoms with Crippen molar-refractivity contribution in [3.05, 3.63) is 70.2 Å². The lowest BCUT2D eigenvalue weighted by Crippen LogP contribution is -2.26. The maximum Gasteiger partial charge on any atom is 0.253 e. The number of carbonyl (C=O) groups is 2. The van der Waals surface area contributed by atoms with Crippen molar-refractivity contribution in [1.29, 1.82) is 5.41 Å². The van der Waals surface area contributed by atoms with Crippen molar-refractivity contribution in [2.75, 3.05) is 23.9 Å². The molecule has 0 aliphatic rings. The van der Waals surface area contributed by atoms with Crippen LogP contribution in [0.1, 0.15) is 33.4 Å². The normalized spacial score (nSPS) is 11.1. The lowest BCUT2D eigenvalue weighted by atomic mass is 10.1. The molecule has 1 aromatic heterocycles. The molecule has 5 N–H and O–H groups in total. The number of aromatic nitrogens is 1. The van der Waals surface area contributed by atoms with E-state index >= 15 is 0 Å². The fourth-order valence-corrected chi connectivity index (χ4v) is 5.17. The number of nitrogens with one attached hydrogen (secondary N) is 3. The van der Waals surface area contributed by atoms with Crippen molar-refractivity contribution < 1.29 is 18.0 Å². The van der Waals surface area contributed by atoms with Crippen molar-refractivity contribution in [3.63, 3.8) is 0 Å². The first-order valence-corrected chi connectivity index (χ1v) is 13.6. The van der Waals surface area contributed by atoms with Crippen LogP contribution in [0.4, 0.5) is 10.8 Å². The van der Waals surface area contributed by atoms with Crippen LogP contribution in [0.25, 0.3) is 0 Å². The zero-order valence-electron chi connectivity index (χ0n) is 20.2. The number of nitrogens with zero attached hydrogens (tertiary/aromatic N) is 2. The minimum absolute atomic E-state index is 0.134. The van der Waals surface area contributed by atoms with Crippen LogP contribution < -0.4 is 16.4 Å². The number of guanidine groups is 1. The summed E-state index contributed by atoms with van der Waals surface area (Å²) < 4.78 is 23.4. The molecule has 12 heteroatoms. The molecule has 0 aliphatic carbocycles. The van der Waals surface area contributed by atoms with Gasteiger partial charge in [-0.15, -0.1) is 0 Å². The summed E-state index contributed by atoms with van der Waals surface area (Å²) in [4.78, 5) is 31.6. The largest absolute Gasteiger partial charge is 0.370 e. The first kappa shape index (κ1) is 26.8. The number of sulfone groups is 1. The number of hydrogen-bond donors (Lipinski definition) is 4. The Morgan fingerprint density at radius 1 is 1.06 bits per heavy atom. The number of anilines is 2. The molecule has 0 bridgehead atoms. The molecule has 0 fully saturated rings. The van der Waals surface area contributed by atoms with Gasteiger partial charge in [0, 0.05) is 36.4 Å². The van der Waals surface area contributed by atoms with Crippen molar-refractivity contribution in [3.8, 4) is 0 Å². The predicted octanol–water partition coefficient (Wildman–Crippen LogP) is 2.87. The van der Waals surface area contributed by atoms with E-state index in [4.69, 9.17) is 11.1 Å². The molecular formula is C24H28N6O4S2. The molecule has 2 amide bonds. The van der Waals surface area contributed by atoms with E-state index in [-0.39, 0.29) is 29.2 Å². The highest BCUT2D eigenvalue weighted by molar-refractivity contribution is 7.90. The van der Waals surface area contributed by atoms with Gasteiger partial charge >= 0.3 is 0 Å². The Morgan fingerprint density at radius 3 is 2.25 bits per heavy atom. The number of rotatable bonds is 9. The van der Waals surface area contributed by atoms with Crippen LogP contribution >= 0.6 is 11.3 Å². The molecule has 0 spiro atoms. The van der Waals surface area contributed by atoms with Gasteiger partial charge in [-0.1, -0.05) is 23.5 Å². The number of benzene rings is 2. The second kappa shape index (κ2) is 11.3. The molecule has 190 valence electrons. The summed E-state index contributed by atoms with van der Waals surface area (Å²) in [5.41, 5.74) is 8.28. The summed E-state index contributed by atoms with van der Waals surface area (Å²) in [5, 5.41) is 13.2. The second-order valence-corrected chi connectivity index (χ2v) is 11.4. The first-order chi connectivity index (χ1) is 16.9. The second-order valence-electron chi connectivity index (χ2n) is 8.26. The molecule has 1 heterocycles. The average molecular weight is 529 g/mol. The summed E-state index contributed by atoms with van der Waals surface area (Å²) in [7, 11) is -1.69. The lowest BCUT2D eigenvalue weighted by molar-refractivity contribution is -0.114. The van der Waals surface area contributed by atoms with Gasteiger partial charge in [0.05, 0.1) is 17.1 Å². The maximum absolute atomic E-state index is 13.0. The Hall–Kier alpha value is -3.77. The summed E-state index contributed by atoms with van der Waals surface area (Å²) in [6.45, 7) is 1.69. The summed E-state index contributed by atoms with van der Waals surface area (Å²) in [6.07, 6.45) is 2.39. The van der Waals surface area contributed by atoms with E-state index in [1.165, 1.54) is 47.4 Å². The van der Waals surface area contributed by atoms with Gasteiger partial charge in [0.25, 0.3) is 5.91 Å². The molecule has 0 saturated heterocycles. The van der Waals surface area contributed by atoms with Crippen molar-refractivity contribution >= 4 is 49.8 Å². The fourth-order valence-electron chi connectivity index (χ4n) is 3.43. The molecule has 0 radical (unpaired) electrons.